The first-order chi connectivity index (χ1) is 9.86. The Hall–Kier alpha value is -2.23. The molecule has 21 heavy (non-hydrogen) atoms. The molecule has 0 unspecified atom stereocenters. The Labute approximate surface area is 128 Å². The van der Waals surface area contributed by atoms with Gasteiger partial charge in [0.05, 0.1) is 23.0 Å². The van der Waals surface area contributed by atoms with Crippen molar-refractivity contribution in [2.24, 2.45) is 0 Å². The summed E-state index contributed by atoms with van der Waals surface area (Å²) in [6.07, 6.45) is 0. The second-order valence-electron chi connectivity index (χ2n) is 4.31. The van der Waals surface area contributed by atoms with Crippen molar-refractivity contribution in [1.29, 1.82) is 5.26 Å². The third-order valence-corrected chi connectivity index (χ3v) is 5.06. The molecule has 0 amide bonds. The van der Waals surface area contributed by atoms with Gasteiger partial charge in [-0.15, -0.1) is 0 Å². The van der Waals surface area contributed by atoms with E-state index in [0.717, 1.165) is 4.31 Å². The molecule has 0 atom stereocenters. The summed E-state index contributed by atoms with van der Waals surface area (Å²) in [5.41, 5.74) is 6.71. The smallest absolute Gasteiger partial charge is 0.266 e. The largest absolute Gasteiger partial charge is 0.398 e. The molecule has 0 aliphatic rings. The number of nitrogens with zero attached hydrogens (tertiary/aromatic N) is 2. The fourth-order valence-electron chi connectivity index (χ4n) is 1.79. The Kier molecular flexibility index (Phi) is 4.07. The van der Waals surface area contributed by atoms with Crippen molar-refractivity contribution in [3.05, 3.63) is 53.1 Å². The van der Waals surface area contributed by atoms with Crippen LogP contribution in [0.1, 0.15) is 5.56 Å². The lowest BCUT2D eigenvalue weighted by Gasteiger charge is -2.20. The number of anilines is 2. The highest BCUT2D eigenvalue weighted by molar-refractivity contribution is 7.93. The summed E-state index contributed by atoms with van der Waals surface area (Å²) in [5, 5.41) is 9.12. The maximum absolute atomic E-state index is 12.6. The zero-order valence-electron chi connectivity index (χ0n) is 11.1. The molecule has 2 aromatic rings. The van der Waals surface area contributed by atoms with Crippen molar-refractivity contribution in [2.75, 3.05) is 17.1 Å². The first-order valence-corrected chi connectivity index (χ1v) is 7.72. The van der Waals surface area contributed by atoms with Crippen molar-refractivity contribution >= 4 is 33.0 Å². The highest BCUT2D eigenvalue weighted by atomic mass is 35.5. The molecule has 0 spiro atoms. The molecule has 0 aromatic heterocycles. The van der Waals surface area contributed by atoms with Crippen LogP contribution < -0.4 is 10.0 Å². The van der Waals surface area contributed by atoms with E-state index in [2.05, 4.69) is 0 Å². The normalized spacial score (nSPS) is 10.9. The van der Waals surface area contributed by atoms with Crippen LogP contribution in [0.5, 0.6) is 0 Å². The first-order valence-electron chi connectivity index (χ1n) is 5.90. The van der Waals surface area contributed by atoms with Crippen LogP contribution in [-0.4, -0.2) is 15.5 Å². The molecule has 0 aliphatic carbocycles. The van der Waals surface area contributed by atoms with Crippen LogP contribution in [-0.2, 0) is 10.0 Å². The van der Waals surface area contributed by atoms with Gasteiger partial charge in [0.1, 0.15) is 4.90 Å². The Morgan fingerprint density at radius 1 is 1.19 bits per heavy atom. The summed E-state index contributed by atoms with van der Waals surface area (Å²) < 4.78 is 26.2. The van der Waals surface area contributed by atoms with Crippen molar-refractivity contribution in [3.8, 4) is 6.07 Å². The minimum atomic E-state index is -3.79. The van der Waals surface area contributed by atoms with Crippen LogP contribution in [0.4, 0.5) is 11.4 Å². The average molecular weight is 322 g/mol. The van der Waals surface area contributed by atoms with E-state index in [1.165, 1.54) is 25.2 Å². The van der Waals surface area contributed by atoms with E-state index in [0.29, 0.717) is 16.3 Å². The zero-order valence-corrected chi connectivity index (χ0v) is 12.7. The molecule has 0 saturated carbocycles. The Morgan fingerprint density at radius 3 is 2.33 bits per heavy atom. The predicted molar refractivity (Wildman–Crippen MR) is 82.6 cm³/mol. The van der Waals surface area contributed by atoms with Gasteiger partial charge in [-0.3, -0.25) is 4.31 Å². The number of nitrogen functional groups attached to an aromatic ring is 1. The lowest BCUT2D eigenvalue weighted by molar-refractivity contribution is 0.595. The van der Waals surface area contributed by atoms with Gasteiger partial charge >= 0.3 is 0 Å². The van der Waals surface area contributed by atoms with E-state index in [1.54, 1.807) is 24.3 Å². The lowest BCUT2D eigenvalue weighted by atomic mass is 10.2. The standard InChI is InChI=1S/C14H12ClN3O2S/c1-18(12-5-2-10(9-16)3-6-12)21(19,20)14-7-4-11(15)8-13(14)17/h2-8H,17H2,1H3. The van der Waals surface area contributed by atoms with Crippen LogP contribution >= 0.6 is 11.6 Å². The number of hydrogen-bond acceptors (Lipinski definition) is 4. The van der Waals surface area contributed by atoms with Gasteiger partial charge < -0.3 is 5.73 Å². The van der Waals surface area contributed by atoms with E-state index in [1.807, 2.05) is 6.07 Å². The molecule has 108 valence electrons. The third kappa shape index (κ3) is 2.94. The molecule has 2 aromatic carbocycles. The Bertz CT molecular complexity index is 811. The molecular weight excluding hydrogens is 310 g/mol. The second kappa shape index (κ2) is 5.64. The number of nitrogens with two attached hydrogens (primary N) is 1. The van der Waals surface area contributed by atoms with Gasteiger partial charge in [0.15, 0.2) is 0 Å². The first kappa shape index (κ1) is 15.2. The molecule has 0 bridgehead atoms. The number of rotatable bonds is 3. The maximum atomic E-state index is 12.6. The number of nitriles is 1. The van der Waals surface area contributed by atoms with Gasteiger partial charge in [-0.05, 0) is 42.5 Å². The molecule has 5 nitrogen and oxygen atoms in total. The summed E-state index contributed by atoms with van der Waals surface area (Å²) in [6, 6.07) is 12.4. The van der Waals surface area contributed by atoms with Crippen LogP contribution in [0.15, 0.2) is 47.4 Å². The summed E-state index contributed by atoms with van der Waals surface area (Å²) in [5.74, 6) is 0. The highest BCUT2D eigenvalue weighted by Crippen LogP contribution is 2.28. The van der Waals surface area contributed by atoms with Crippen molar-refractivity contribution in [1.82, 2.24) is 0 Å². The Balaban J connectivity index is 2.45. The number of halogens is 1. The fraction of sp³-hybridized carbons (Fsp3) is 0.0714. The topological polar surface area (TPSA) is 87.2 Å². The number of hydrogen-bond donors (Lipinski definition) is 1. The minimum Gasteiger partial charge on any atom is -0.398 e. The number of benzene rings is 2. The van der Waals surface area contributed by atoms with Crippen LogP contribution in [0, 0.1) is 11.3 Å². The third-order valence-electron chi connectivity index (χ3n) is 2.97. The van der Waals surface area contributed by atoms with E-state index in [4.69, 9.17) is 22.6 Å². The summed E-state index contributed by atoms with van der Waals surface area (Å²) in [6.45, 7) is 0. The molecule has 0 saturated heterocycles. The Morgan fingerprint density at radius 2 is 1.81 bits per heavy atom. The van der Waals surface area contributed by atoms with Gasteiger partial charge in [-0.2, -0.15) is 5.26 Å². The molecule has 0 aliphatic heterocycles. The summed E-state index contributed by atoms with van der Waals surface area (Å²) in [4.78, 5) is -0.0150. The predicted octanol–water partition coefficient (Wildman–Crippen LogP) is 2.62. The SMILES string of the molecule is CN(c1ccc(C#N)cc1)S(=O)(=O)c1ccc(Cl)cc1N. The van der Waals surface area contributed by atoms with Crippen LogP contribution in [0.3, 0.4) is 0 Å². The quantitative estimate of drug-likeness (QED) is 0.880. The van der Waals surface area contributed by atoms with E-state index in [-0.39, 0.29) is 10.6 Å². The van der Waals surface area contributed by atoms with Crippen LogP contribution in [0.2, 0.25) is 5.02 Å². The summed E-state index contributed by atoms with van der Waals surface area (Å²) >= 11 is 5.78. The second-order valence-corrected chi connectivity index (χ2v) is 6.69. The van der Waals surface area contributed by atoms with E-state index in [9.17, 15) is 8.42 Å². The maximum Gasteiger partial charge on any atom is 0.266 e. The fourth-order valence-corrected chi connectivity index (χ4v) is 3.26. The van der Waals surface area contributed by atoms with Gasteiger partial charge in [0.2, 0.25) is 0 Å². The monoisotopic (exact) mass is 321 g/mol. The van der Waals surface area contributed by atoms with Gasteiger partial charge in [-0.25, -0.2) is 8.42 Å². The zero-order chi connectivity index (χ0) is 15.6. The molecule has 0 fully saturated rings. The average Bonchev–Trinajstić information content (AvgIpc) is 2.46. The highest BCUT2D eigenvalue weighted by Gasteiger charge is 2.23. The van der Waals surface area contributed by atoms with Crippen molar-refractivity contribution in [3.63, 3.8) is 0 Å². The number of sulfonamides is 1. The molecule has 0 radical (unpaired) electrons. The van der Waals surface area contributed by atoms with Gasteiger partial charge in [0, 0.05) is 12.1 Å². The van der Waals surface area contributed by atoms with Crippen LogP contribution in [0.25, 0.3) is 0 Å². The summed E-state index contributed by atoms with van der Waals surface area (Å²) in [7, 11) is -2.37. The molecule has 2 rings (SSSR count). The molecule has 0 heterocycles. The lowest BCUT2D eigenvalue weighted by Crippen LogP contribution is -2.27. The minimum absolute atomic E-state index is 0.0150. The van der Waals surface area contributed by atoms with Crippen molar-refractivity contribution < 1.29 is 8.42 Å². The van der Waals surface area contributed by atoms with E-state index >= 15 is 0 Å². The molecular formula is C14H12ClN3O2S. The molecule has 2 N–H and O–H groups in total. The molecule has 7 heteroatoms. The van der Waals surface area contributed by atoms with Crippen molar-refractivity contribution in [2.45, 2.75) is 4.90 Å². The van der Waals surface area contributed by atoms with Gasteiger partial charge in [-0.1, -0.05) is 11.6 Å². The van der Waals surface area contributed by atoms with Gasteiger partial charge in [0.25, 0.3) is 10.0 Å². The van der Waals surface area contributed by atoms with E-state index < -0.39 is 10.0 Å².